The van der Waals surface area contributed by atoms with Crippen molar-refractivity contribution in [2.75, 3.05) is 5.75 Å². The van der Waals surface area contributed by atoms with Crippen LogP contribution in [0, 0.1) is 12.7 Å². The van der Waals surface area contributed by atoms with E-state index in [9.17, 15) is 9.18 Å². The zero-order valence-electron chi connectivity index (χ0n) is 11.0. The summed E-state index contributed by atoms with van der Waals surface area (Å²) in [4.78, 5) is 20.0. The third kappa shape index (κ3) is 4.62. The molecular formula is C14H14FN3OS. The van der Waals surface area contributed by atoms with Crippen LogP contribution in [-0.2, 0) is 11.3 Å². The molecule has 1 aromatic carbocycles. The lowest BCUT2D eigenvalue weighted by Gasteiger charge is -2.05. The first-order chi connectivity index (χ1) is 9.63. The average molecular weight is 291 g/mol. The van der Waals surface area contributed by atoms with Gasteiger partial charge in [-0.15, -0.1) is 0 Å². The molecule has 1 amide bonds. The lowest BCUT2D eigenvalue weighted by Crippen LogP contribution is -2.24. The van der Waals surface area contributed by atoms with Crippen LogP contribution < -0.4 is 5.32 Å². The number of hydrogen-bond acceptors (Lipinski definition) is 4. The first kappa shape index (κ1) is 14.5. The highest BCUT2D eigenvalue weighted by molar-refractivity contribution is 7.99. The molecule has 2 rings (SSSR count). The summed E-state index contributed by atoms with van der Waals surface area (Å²) in [6.45, 7) is 2.26. The lowest BCUT2D eigenvalue weighted by atomic mass is 10.2. The highest BCUT2D eigenvalue weighted by Crippen LogP contribution is 2.11. The summed E-state index contributed by atoms with van der Waals surface area (Å²) in [5, 5.41) is 3.35. The van der Waals surface area contributed by atoms with E-state index in [1.54, 1.807) is 24.4 Å². The Morgan fingerprint density at radius 3 is 2.75 bits per heavy atom. The maximum Gasteiger partial charge on any atom is 0.230 e. The number of aromatic nitrogens is 2. The van der Waals surface area contributed by atoms with Gasteiger partial charge in [0.2, 0.25) is 5.91 Å². The maximum atomic E-state index is 12.7. The van der Waals surface area contributed by atoms with Crippen LogP contribution >= 0.6 is 11.8 Å². The number of benzene rings is 1. The number of thioether (sulfide) groups is 1. The Balaban J connectivity index is 1.77. The van der Waals surface area contributed by atoms with E-state index in [1.165, 1.54) is 23.9 Å². The van der Waals surface area contributed by atoms with Gasteiger partial charge in [0, 0.05) is 18.4 Å². The van der Waals surface area contributed by atoms with Gasteiger partial charge in [0.15, 0.2) is 5.16 Å². The van der Waals surface area contributed by atoms with Gasteiger partial charge in [0.1, 0.15) is 5.82 Å². The maximum absolute atomic E-state index is 12.7. The molecule has 20 heavy (non-hydrogen) atoms. The first-order valence-corrected chi connectivity index (χ1v) is 7.05. The Morgan fingerprint density at radius 2 is 2.05 bits per heavy atom. The molecule has 0 radical (unpaired) electrons. The van der Waals surface area contributed by atoms with Crippen LogP contribution in [0.3, 0.4) is 0 Å². The van der Waals surface area contributed by atoms with Crippen LogP contribution in [0.4, 0.5) is 4.39 Å². The Morgan fingerprint density at radius 1 is 1.30 bits per heavy atom. The predicted molar refractivity (Wildman–Crippen MR) is 75.7 cm³/mol. The summed E-state index contributed by atoms with van der Waals surface area (Å²) in [5.74, 6) is -0.137. The molecular weight excluding hydrogens is 277 g/mol. The van der Waals surface area contributed by atoms with Gasteiger partial charge < -0.3 is 5.32 Å². The van der Waals surface area contributed by atoms with Crippen LogP contribution in [0.1, 0.15) is 11.3 Å². The summed E-state index contributed by atoms with van der Waals surface area (Å²) in [7, 11) is 0. The second-order valence-corrected chi connectivity index (χ2v) is 5.11. The second kappa shape index (κ2) is 7.00. The molecule has 0 aliphatic heterocycles. The van der Waals surface area contributed by atoms with Gasteiger partial charge >= 0.3 is 0 Å². The molecule has 0 unspecified atom stereocenters. The molecule has 0 saturated heterocycles. The summed E-state index contributed by atoms with van der Waals surface area (Å²) >= 11 is 1.29. The number of rotatable bonds is 5. The summed E-state index contributed by atoms with van der Waals surface area (Å²) in [6.07, 6.45) is 1.67. The predicted octanol–water partition coefficient (Wildman–Crippen LogP) is 2.33. The fraction of sp³-hybridized carbons (Fsp3) is 0.214. The van der Waals surface area contributed by atoms with E-state index in [1.807, 2.05) is 6.92 Å². The Bertz CT molecular complexity index is 589. The van der Waals surface area contributed by atoms with E-state index >= 15 is 0 Å². The molecule has 1 aromatic heterocycles. The monoisotopic (exact) mass is 291 g/mol. The molecule has 0 fully saturated rings. The molecule has 104 valence electrons. The van der Waals surface area contributed by atoms with Gasteiger partial charge in [-0.1, -0.05) is 23.9 Å². The molecule has 0 atom stereocenters. The van der Waals surface area contributed by atoms with Crippen molar-refractivity contribution in [3.05, 3.63) is 53.6 Å². The SMILES string of the molecule is Cc1ccnc(SCC(=O)NCc2ccc(F)cc2)n1. The standard InChI is InChI=1S/C14H14FN3OS/c1-10-6-7-16-14(18-10)20-9-13(19)17-8-11-2-4-12(15)5-3-11/h2-7H,8-9H2,1H3,(H,17,19). The molecule has 2 aromatic rings. The molecule has 0 bridgehead atoms. The van der Waals surface area contributed by atoms with Crippen molar-refractivity contribution in [1.82, 2.24) is 15.3 Å². The van der Waals surface area contributed by atoms with Crippen molar-refractivity contribution in [1.29, 1.82) is 0 Å². The fourth-order valence-electron chi connectivity index (χ4n) is 1.48. The van der Waals surface area contributed by atoms with Crippen molar-refractivity contribution < 1.29 is 9.18 Å². The Kier molecular flexibility index (Phi) is 5.06. The number of nitrogens with zero attached hydrogens (tertiary/aromatic N) is 2. The first-order valence-electron chi connectivity index (χ1n) is 6.07. The van der Waals surface area contributed by atoms with Crippen LogP contribution in [0.15, 0.2) is 41.7 Å². The smallest absolute Gasteiger partial charge is 0.230 e. The zero-order valence-corrected chi connectivity index (χ0v) is 11.8. The molecule has 0 aliphatic rings. The van der Waals surface area contributed by atoms with Crippen molar-refractivity contribution >= 4 is 17.7 Å². The van der Waals surface area contributed by atoms with Gasteiger partial charge in [-0.3, -0.25) is 4.79 Å². The second-order valence-electron chi connectivity index (χ2n) is 4.17. The van der Waals surface area contributed by atoms with Crippen molar-refractivity contribution in [2.24, 2.45) is 0 Å². The number of carbonyl (C=O) groups excluding carboxylic acids is 1. The quantitative estimate of drug-likeness (QED) is 0.678. The molecule has 0 saturated carbocycles. The molecule has 4 nitrogen and oxygen atoms in total. The number of halogens is 1. The van der Waals surface area contributed by atoms with Crippen molar-refractivity contribution in [2.45, 2.75) is 18.6 Å². The molecule has 0 aliphatic carbocycles. The van der Waals surface area contributed by atoms with E-state index in [0.29, 0.717) is 11.7 Å². The van der Waals surface area contributed by atoms with E-state index in [-0.39, 0.29) is 17.5 Å². The van der Waals surface area contributed by atoms with E-state index in [0.717, 1.165) is 11.3 Å². The number of carbonyl (C=O) groups is 1. The minimum atomic E-state index is -0.285. The lowest BCUT2D eigenvalue weighted by molar-refractivity contribution is -0.118. The molecule has 0 spiro atoms. The normalized spacial score (nSPS) is 10.3. The number of hydrogen-bond donors (Lipinski definition) is 1. The third-order valence-electron chi connectivity index (χ3n) is 2.51. The van der Waals surface area contributed by atoms with Gasteiger partial charge in [-0.25, -0.2) is 14.4 Å². The van der Waals surface area contributed by atoms with Crippen molar-refractivity contribution in [3.63, 3.8) is 0 Å². The van der Waals surface area contributed by atoms with E-state index in [4.69, 9.17) is 0 Å². The number of aryl methyl sites for hydroxylation is 1. The Labute approximate surface area is 120 Å². The van der Waals surface area contributed by atoms with Crippen LogP contribution in [0.2, 0.25) is 0 Å². The number of nitrogens with one attached hydrogen (secondary N) is 1. The number of amides is 1. The van der Waals surface area contributed by atoms with Gasteiger partial charge in [0.05, 0.1) is 5.75 Å². The van der Waals surface area contributed by atoms with Gasteiger partial charge in [0.25, 0.3) is 0 Å². The molecule has 6 heteroatoms. The van der Waals surface area contributed by atoms with Gasteiger partial charge in [-0.05, 0) is 30.7 Å². The van der Waals surface area contributed by atoms with Crippen LogP contribution in [-0.4, -0.2) is 21.6 Å². The van der Waals surface area contributed by atoms with Crippen LogP contribution in [0.25, 0.3) is 0 Å². The summed E-state index contributed by atoms with van der Waals surface area (Å²) in [6, 6.07) is 7.84. The van der Waals surface area contributed by atoms with Crippen molar-refractivity contribution in [3.8, 4) is 0 Å². The minimum absolute atomic E-state index is 0.107. The fourth-order valence-corrected chi connectivity index (χ4v) is 2.19. The van der Waals surface area contributed by atoms with E-state index in [2.05, 4.69) is 15.3 Å². The topological polar surface area (TPSA) is 54.9 Å². The Hall–Kier alpha value is -1.95. The summed E-state index contributed by atoms with van der Waals surface area (Å²) in [5.41, 5.74) is 1.73. The average Bonchev–Trinajstić information content (AvgIpc) is 2.45. The van der Waals surface area contributed by atoms with Crippen LogP contribution in [0.5, 0.6) is 0 Å². The summed E-state index contributed by atoms with van der Waals surface area (Å²) < 4.78 is 12.7. The zero-order chi connectivity index (χ0) is 14.4. The molecule has 1 heterocycles. The highest BCUT2D eigenvalue weighted by atomic mass is 32.2. The highest BCUT2D eigenvalue weighted by Gasteiger charge is 2.05. The molecule has 1 N–H and O–H groups in total. The van der Waals surface area contributed by atoms with Gasteiger partial charge in [-0.2, -0.15) is 0 Å². The third-order valence-corrected chi connectivity index (χ3v) is 3.37. The largest absolute Gasteiger partial charge is 0.351 e. The van der Waals surface area contributed by atoms with E-state index < -0.39 is 0 Å². The minimum Gasteiger partial charge on any atom is -0.351 e.